The number of anilines is 2. The van der Waals surface area contributed by atoms with Crippen LogP contribution in [-0.2, 0) is 6.18 Å². The van der Waals surface area contributed by atoms with Gasteiger partial charge in [0.25, 0.3) is 11.8 Å². The third kappa shape index (κ3) is 4.02. The Morgan fingerprint density at radius 1 is 1.00 bits per heavy atom. The number of benzene rings is 1. The number of nitrogens with one attached hydrogen (secondary N) is 2. The van der Waals surface area contributed by atoms with Crippen molar-refractivity contribution in [3.63, 3.8) is 0 Å². The van der Waals surface area contributed by atoms with Gasteiger partial charge in [0.15, 0.2) is 0 Å². The highest BCUT2D eigenvalue weighted by molar-refractivity contribution is 6.06. The normalized spacial score (nSPS) is 11.3. The average molecular weight is 378 g/mol. The predicted molar refractivity (Wildman–Crippen MR) is 89.5 cm³/mol. The number of carbonyl (C=O) groups excluding carboxylic acids is 2. The number of furan rings is 2. The van der Waals surface area contributed by atoms with Crippen LogP contribution in [0, 0.1) is 6.92 Å². The quantitative estimate of drug-likeness (QED) is 0.689. The molecule has 2 heterocycles. The molecule has 0 atom stereocenters. The second-order valence-electron chi connectivity index (χ2n) is 5.57. The summed E-state index contributed by atoms with van der Waals surface area (Å²) in [5.41, 5.74) is -1.32. The molecule has 0 saturated carbocycles. The van der Waals surface area contributed by atoms with E-state index in [1.807, 2.05) is 0 Å². The van der Waals surface area contributed by atoms with Crippen molar-refractivity contribution >= 4 is 23.2 Å². The van der Waals surface area contributed by atoms with Gasteiger partial charge >= 0.3 is 6.18 Å². The van der Waals surface area contributed by atoms with Crippen molar-refractivity contribution in [2.75, 3.05) is 10.6 Å². The molecule has 0 aliphatic heterocycles. The molecule has 0 aliphatic rings. The van der Waals surface area contributed by atoms with Gasteiger partial charge < -0.3 is 19.5 Å². The van der Waals surface area contributed by atoms with E-state index in [1.54, 1.807) is 0 Å². The molecule has 2 N–H and O–H groups in total. The van der Waals surface area contributed by atoms with Crippen LogP contribution in [0.4, 0.5) is 24.5 Å². The van der Waals surface area contributed by atoms with Crippen molar-refractivity contribution in [3.8, 4) is 0 Å². The number of halogens is 3. The molecule has 0 aliphatic carbocycles. The van der Waals surface area contributed by atoms with E-state index in [9.17, 15) is 22.8 Å². The van der Waals surface area contributed by atoms with Gasteiger partial charge in [-0.15, -0.1) is 0 Å². The standard InChI is InChI=1S/C18H13F3N2O4/c1-10-13(5-7-27-10)17(25)23-15-3-2-12(8-14(15)18(19,20)21)22-16(24)11-4-6-26-9-11/h2-9H,1H3,(H,22,24)(H,23,25). The maximum Gasteiger partial charge on any atom is 0.418 e. The first-order chi connectivity index (χ1) is 12.8. The smallest absolute Gasteiger partial charge is 0.418 e. The van der Waals surface area contributed by atoms with E-state index < -0.39 is 29.2 Å². The van der Waals surface area contributed by atoms with Gasteiger partial charge in [-0.1, -0.05) is 0 Å². The van der Waals surface area contributed by atoms with Crippen molar-refractivity contribution in [2.24, 2.45) is 0 Å². The SMILES string of the molecule is Cc1occc1C(=O)Nc1ccc(NC(=O)c2ccoc2)cc1C(F)(F)F. The lowest BCUT2D eigenvalue weighted by molar-refractivity contribution is -0.136. The van der Waals surface area contributed by atoms with E-state index in [2.05, 4.69) is 10.6 Å². The average Bonchev–Trinajstić information content (AvgIpc) is 3.26. The van der Waals surface area contributed by atoms with E-state index in [-0.39, 0.29) is 22.6 Å². The topological polar surface area (TPSA) is 84.5 Å². The molecular formula is C18H13F3N2O4. The van der Waals surface area contributed by atoms with Crippen LogP contribution >= 0.6 is 0 Å². The number of hydrogen-bond donors (Lipinski definition) is 2. The van der Waals surface area contributed by atoms with E-state index in [1.165, 1.54) is 43.9 Å². The minimum atomic E-state index is -4.75. The van der Waals surface area contributed by atoms with Crippen molar-refractivity contribution < 1.29 is 31.6 Å². The second-order valence-corrected chi connectivity index (χ2v) is 5.57. The summed E-state index contributed by atoms with van der Waals surface area (Å²) < 4.78 is 50.0. The van der Waals surface area contributed by atoms with E-state index in [0.717, 1.165) is 12.1 Å². The lowest BCUT2D eigenvalue weighted by atomic mass is 10.1. The minimum Gasteiger partial charge on any atom is -0.472 e. The zero-order chi connectivity index (χ0) is 19.6. The van der Waals surface area contributed by atoms with Crippen LogP contribution in [-0.4, -0.2) is 11.8 Å². The molecule has 27 heavy (non-hydrogen) atoms. The lowest BCUT2D eigenvalue weighted by Crippen LogP contribution is -2.18. The fourth-order valence-electron chi connectivity index (χ4n) is 2.37. The Kier molecular flexibility index (Phi) is 4.76. The second kappa shape index (κ2) is 7.02. The zero-order valence-corrected chi connectivity index (χ0v) is 13.9. The number of hydrogen-bond acceptors (Lipinski definition) is 4. The fraction of sp³-hybridized carbons (Fsp3) is 0.111. The van der Waals surface area contributed by atoms with Gasteiger partial charge in [-0.25, -0.2) is 0 Å². The Morgan fingerprint density at radius 3 is 2.37 bits per heavy atom. The molecular weight excluding hydrogens is 365 g/mol. The van der Waals surface area contributed by atoms with Gasteiger partial charge in [0.05, 0.1) is 34.9 Å². The van der Waals surface area contributed by atoms with E-state index in [4.69, 9.17) is 8.83 Å². The summed E-state index contributed by atoms with van der Waals surface area (Å²) in [6, 6.07) is 5.81. The number of amides is 2. The molecule has 1 aromatic carbocycles. The highest BCUT2D eigenvalue weighted by Gasteiger charge is 2.34. The molecule has 2 aromatic heterocycles. The Bertz CT molecular complexity index is 975. The Labute approximate surface area is 151 Å². The lowest BCUT2D eigenvalue weighted by Gasteiger charge is -2.15. The molecule has 9 heteroatoms. The fourth-order valence-corrected chi connectivity index (χ4v) is 2.37. The first-order valence-electron chi connectivity index (χ1n) is 7.66. The summed E-state index contributed by atoms with van der Waals surface area (Å²) in [5, 5.41) is 4.57. The molecule has 2 amide bonds. The highest BCUT2D eigenvalue weighted by atomic mass is 19.4. The maximum atomic E-state index is 13.4. The van der Waals surface area contributed by atoms with Crippen LogP contribution in [0.25, 0.3) is 0 Å². The molecule has 3 rings (SSSR count). The number of carbonyl (C=O) groups is 2. The third-order valence-electron chi connectivity index (χ3n) is 3.72. The van der Waals surface area contributed by atoms with Crippen molar-refractivity contribution in [1.82, 2.24) is 0 Å². The molecule has 0 unspecified atom stereocenters. The van der Waals surface area contributed by atoms with Crippen LogP contribution in [0.3, 0.4) is 0 Å². The van der Waals surface area contributed by atoms with Gasteiger partial charge in [0.2, 0.25) is 0 Å². The summed E-state index contributed by atoms with van der Waals surface area (Å²) in [6.45, 7) is 1.52. The summed E-state index contributed by atoms with van der Waals surface area (Å²) in [4.78, 5) is 24.1. The molecule has 0 saturated heterocycles. The molecule has 0 bridgehead atoms. The van der Waals surface area contributed by atoms with Crippen LogP contribution in [0.1, 0.15) is 32.0 Å². The summed E-state index contributed by atoms with van der Waals surface area (Å²) >= 11 is 0. The van der Waals surface area contributed by atoms with Gasteiger partial charge in [0, 0.05) is 5.69 Å². The summed E-state index contributed by atoms with van der Waals surface area (Å²) in [5.74, 6) is -1.07. The monoisotopic (exact) mass is 378 g/mol. The van der Waals surface area contributed by atoms with E-state index in [0.29, 0.717) is 0 Å². The van der Waals surface area contributed by atoms with Crippen molar-refractivity contribution in [2.45, 2.75) is 13.1 Å². The van der Waals surface area contributed by atoms with Gasteiger partial charge in [-0.3, -0.25) is 9.59 Å². The number of aryl methyl sites for hydroxylation is 1. The zero-order valence-electron chi connectivity index (χ0n) is 13.9. The molecule has 3 aromatic rings. The third-order valence-corrected chi connectivity index (χ3v) is 3.72. The Balaban J connectivity index is 1.87. The maximum absolute atomic E-state index is 13.4. The van der Waals surface area contributed by atoms with Crippen LogP contribution < -0.4 is 10.6 Å². The van der Waals surface area contributed by atoms with Crippen LogP contribution in [0.15, 0.2) is 58.0 Å². The predicted octanol–water partition coefficient (Wildman–Crippen LogP) is 4.70. The Hall–Kier alpha value is -3.49. The number of alkyl halides is 3. The summed E-state index contributed by atoms with van der Waals surface area (Å²) in [7, 11) is 0. The highest BCUT2D eigenvalue weighted by Crippen LogP contribution is 2.37. The van der Waals surface area contributed by atoms with Crippen molar-refractivity contribution in [3.05, 3.63) is 71.6 Å². The van der Waals surface area contributed by atoms with E-state index >= 15 is 0 Å². The van der Waals surface area contributed by atoms with Gasteiger partial charge in [-0.2, -0.15) is 13.2 Å². The van der Waals surface area contributed by atoms with Crippen LogP contribution in [0.2, 0.25) is 0 Å². The van der Waals surface area contributed by atoms with Crippen molar-refractivity contribution in [1.29, 1.82) is 0 Å². The molecule has 0 spiro atoms. The Morgan fingerprint density at radius 2 is 1.78 bits per heavy atom. The number of rotatable bonds is 4. The molecule has 6 nitrogen and oxygen atoms in total. The van der Waals surface area contributed by atoms with Gasteiger partial charge in [-0.05, 0) is 37.3 Å². The summed E-state index contributed by atoms with van der Waals surface area (Å²) in [6.07, 6.45) is -1.04. The van der Waals surface area contributed by atoms with Gasteiger partial charge in [0.1, 0.15) is 12.0 Å². The molecule has 0 radical (unpaired) electrons. The first kappa shape index (κ1) is 18.3. The first-order valence-corrected chi connectivity index (χ1v) is 7.66. The minimum absolute atomic E-state index is 0.0778. The van der Waals surface area contributed by atoms with Crippen LogP contribution in [0.5, 0.6) is 0 Å². The largest absolute Gasteiger partial charge is 0.472 e. The molecule has 0 fully saturated rings. The molecule has 140 valence electrons.